The van der Waals surface area contributed by atoms with Crippen LogP contribution in [0.2, 0.25) is 0 Å². The molecular weight excluding hydrogens is 340 g/mol. The van der Waals surface area contributed by atoms with E-state index in [0.29, 0.717) is 12.8 Å². The summed E-state index contributed by atoms with van der Waals surface area (Å²) in [6.07, 6.45) is 14.5. The lowest BCUT2D eigenvalue weighted by Crippen LogP contribution is -2.35. The Kier molecular flexibility index (Phi) is 12.4. The Morgan fingerprint density at radius 1 is 0.889 bits per heavy atom. The number of hydrogen-bond acceptors (Lipinski definition) is 3. The van der Waals surface area contributed by atoms with Crippen LogP contribution in [-0.4, -0.2) is 23.1 Å². The zero-order chi connectivity index (χ0) is 20.1. The molecule has 0 aromatic heterocycles. The monoisotopic (exact) mass is 382 g/mol. The third-order valence-corrected chi connectivity index (χ3v) is 5.86. The van der Waals surface area contributed by atoms with Crippen LogP contribution in [0.4, 0.5) is 0 Å². The van der Waals surface area contributed by atoms with Gasteiger partial charge in [-0.05, 0) is 38.0 Å². The Labute approximate surface area is 166 Å². The molecule has 1 aliphatic carbocycles. The molecule has 0 radical (unpaired) electrons. The van der Waals surface area contributed by atoms with Crippen molar-refractivity contribution < 1.29 is 19.4 Å². The van der Waals surface area contributed by atoms with Crippen LogP contribution in [0, 0.1) is 17.8 Å². The Bertz CT molecular complexity index is 419. The van der Waals surface area contributed by atoms with E-state index in [1.54, 1.807) is 0 Å². The van der Waals surface area contributed by atoms with Gasteiger partial charge in [0.25, 0.3) is 0 Å². The summed E-state index contributed by atoms with van der Waals surface area (Å²) in [5, 5.41) is 9.40. The highest BCUT2D eigenvalue weighted by Crippen LogP contribution is 2.32. The van der Waals surface area contributed by atoms with Crippen molar-refractivity contribution in [2.45, 2.75) is 117 Å². The van der Waals surface area contributed by atoms with E-state index in [1.165, 1.54) is 32.1 Å². The SMILES string of the molecule is CCCCC(CCCCCCCC(C)C)OC(=O)C1CCCCC1C(=O)O. The molecule has 3 atom stereocenters. The van der Waals surface area contributed by atoms with Crippen LogP contribution in [0.3, 0.4) is 0 Å². The highest BCUT2D eigenvalue weighted by molar-refractivity contribution is 5.81. The number of aliphatic carboxylic acids is 1. The van der Waals surface area contributed by atoms with Gasteiger partial charge in [-0.2, -0.15) is 0 Å². The van der Waals surface area contributed by atoms with Crippen LogP contribution >= 0.6 is 0 Å². The highest BCUT2D eigenvalue weighted by Gasteiger charge is 2.37. The molecule has 1 fully saturated rings. The number of esters is 1. The zero-order valence-electron chi connectivity index (χ0n) is 17.9. The minimum Gasteiger partial charge on any atom is -0.481 e. The second-order valence-electron chi connectivity index (χ2n) is 8.78. The number of unbranched alkanes of at least 4 members (excludes halogenated alkanes) is 5. The maximum absolute atomic E-state index is 12.6. The smallest absolute Gasteiger partial charge is 0.310 e. The fraction of sp³-hybridized carbons (Fsp3) is 0.913. The number of carbonyl (C=O) groups is 2. The molecule has 4 heteroatoms. The lowest BCUT2D eigenvalue weighted by molar-refractivity contribution is -0.164. The van der Waals surface area contributed by atoms with Crippen molar-refractivity contribution in [1.82, 2.24) is 0 Å². The average molecular weight is 383 g/mol. The standard InChI is InChI=1S/C23H42O4/c1-4-5-14-19(15-10-8-6-7-9-13-18(2)3)27-23(26)21-17-12-11-16-20(21)22(24)25/h18-21H,4-17H2,1-3H3,(H,24,25). The normalized spacial score (nSPS) is 21.2. The van der Waals surface area contributed by atoms with Crippen LogP contribution in [0.5, 0.6) is 0 Å². The van der Waals surface area contributed by atoms with E-state index in [-0.39, 0.29) is 12.1 Å². The van der Waals surface area contributed by atoms with Crippen LogP contribution < -0.4 is 0 Å². The summed E-state index contributed by atoms with van der Waals surface area (Å²) in [7, 11) is 0. The topological polar surface area (TPSA) is 63.6 Å². The predicted octanol–water partition coefficient (Wildman–Crippen LogP) is 6.37. The fourth-order valence-electron chi connectivity index (χ4n) is 4.11. The number of carbonyl (C=O) groups excluding carboxylic acids is 1. The van der Waals surface area contributed by atoms with Gasteiger partial charge in [-0.15, -0.1) is 0 Å². The van der Waals surface area contributed by atoms with E-state index < -0.39 is 17.8 Å². The first kappa shape index (κ1) is 24.0. The fourth-order valence-corrected chi connectivity index (χ4v) is 4.11. The number of ether oxygens (including phenoxy) is 1. The summed E-state index contributed by atoms with van der Waals surface area (Å²) in [5.41, 5.74) is 0. The van der Waals surface area contributed by atoms with E-state index in [1.807, 2.05) is 0 Å². The van der Waals surface area contributed by atoms with Gasteiger partial charge in [0.15, 0.2) is 0 Å². The first-order chi connectivity index (χ1) is 13.0. The summed E-state index contributed by atoms with van der Waals surface area (Å²) >= 11 is 0. The molecule has 0 bridgehead atoms. The molecule has 0 aromatic carbocycles. The van der Waals surface area contributed by atoms with Gasteiger partial charge < -0.3 is 9.84 Å². The first-order valence-corrected chi connectivity index (χ1v) is 11.4. The largest absolute Gasteiger partial charge is 0.481 e. The Balaban J connectivity index is 2.39. The van der Waals surface area contributed by atoms with E-state index in [0.717, 1.165) is 50.9 Å². The highest BCUT2D eigenvalue weighted by atomic mass is 16.5. The number of carboxylic acids is 1. The molecular formula is C23H42O4. The van der Waals surface area contributed by atoms with Crippen molar-refractivity contribution in [3.05, 3.63) is 0 Å². The Morgan fingerprint density at radius 2 is 1.44 bits per heavy atom. The van der Waals surface area contributed by atoms with Crippen LogP contribution in [0.25, 0.3) is 0 Å². The van der Waals surface area contributed by atoms with Gasteiger partial charge in [0.05, 0.1) is 11.8 Å². The molecule has 0 saturated heterocycles. The first-order valence-electron chi connectivity index (χ1n) is 11.4. The van der Waals surface area contributed by atoms with Gasteiger partial charge in [-0.3, -0.25) is 9.59 Å². The number of hydrogen-bond donors (Lipinski definition) is 1. The van der Waals surface area contributed by atoms with Crippen LogP contribution in [0.15, 0.2) is 0 Å². The minimum absolute atomic E-state index is 0.0375. The van der Waals surface area contributed by atoms with E-state index in [9.17, 15) is 14.7 Å². The van der Waals surface area contributed by atoms with Crippen molar-refractivity contribution >= 4 is 11.9 Å². The second kappa shape index (κ2) is 14.0. The summed E-state index contributed by atoms with van der Waals surface area (Å²) in [6, 6.07) is 0. The molecule has 0 heterocycles. The van der Waals surface area contributed by atoms with E-state index in [2.05, 4.69) is 20.8 Å². The van der Waals surface area contributed by atoms with Gasteiger partial charge in [0.2, 0.25) is 0 Å². The molecule has 1 N–H and O–H groups in total. The maximum Gasteiger partial charge on any atom is 0.310 e. The molecule has 1 rings (SSSR count). The van der Waals surface area contributed by atoms with Gasteiger partial charge in [-0.1, -0.05) is 78.6 Å². The van der Waals surface area contributed by atoms with Crippen molar-refractivity contribution in [1.29, 1.82) is 0 Å². The molecule has 3 unspecified atom stereocenters. The van der Waals surface area contributed by atoms with Gasteiger partial charge in [0, 0.05) is 0 Å². The maximum atomic E-state index is 12.6. The Hall–Kier alpha value is -1.06. The summed E-state index contributed by atoms with van der Waals surface area (Å²) in [4.78, 5) is 24.1. The molecule has 4 nitrogen and oxygen atoms in total. The second-order valence-corrected chi connectivity index (χ2v) is 8.78. The van der Waals surface area contributed by atoms with Crippen LogP contribution in [0.1, 0.15) is 111 Å². The van der Waals surface area contributed by atoms with Crippen molar-refractivity contribution in [3.63, 3.8) is 0 Å². The molecule has 158 valence electrons. The summed E-state index contributed by atoms with van der Waals surface area (Å²) < 4.78 is 5.83. The zero-order valence-corrected chi connectivity index (χ0v) is 17.9. The molecule has 0 amide bonds. The molecule has 27 heavy (non-hydrogen) atoms. The predicted molar refractivity (Wildman–Crippen MR) is 110 cm³/mol. The van der Waals surface area contributed by atoms with Crippen molar-refractivity contribution in [2.75, 3.05) is 0 Å². The van der Waals surface area contributed by atoms with Gasteiger partial charge in [0.1, 0.15) is 6.10 Å². The quantitative estimate of drug-likeness (QED) is 0.280. The van der Waals surface area contributed by atoms with Crippen LogP contribution in [-0.2, 0) is 14.3 Å². The molecule has 0 aliphatic heterocycles. The molecule has 0 aromatic rings. The Morgan fingerprint density at radius 3 is 2.04 bits per heavy atom. The van der Waals surface area contributed by atoms with Crippen molar-refractivity contribution in [3.8, 4) is 0 Å². The summed E-state index contributed by atoms with van der Waals surface area (Å²) in [6.45, 7) is 6.69. The average Bonchev–Trinajstić information content (AvgIpc) is 2.64. The third kappa shape index (κ3) is 10.2. The third-order valence-electron chi connectivity index (χ3n) is 5.86. The number of carboxylic acid groups (broad SMARTS) is 1. The van der Waals surface area contributed by atoms with Gasteiger partial charge >= 0.3 is 11.9 Å². The van der Waals surface area contributed by atoms with E-state index in [4.69, 9.17) is 4.74 Å². The van der Waals surface area contributed by atoms with Gasteiger partial charge in [-0.25, -0.2) is 0 Å². The lowest BCUT2D eigenvalue weighted by atomic mass is 9.79. The molecule has 0 spiro atoms. The molecule has 1 aliphatic rings. The lowest BCUT2D eigenvalue weighted by Gasteiger charge is -2.28. The minimum atomic E-state index is -0.844. The molecule has 1 saturated carbocycles. The summed E-state index contributed by atoms with van der Waals surface area (Å²) in [5.74, 6) is -1.32. The van der Waals surface area contributed by atoms with E-state index >= 15 is 0 Å². The number of rotatable bonds is 14. The van der Waals surface area contributed by atoms with Crippen molar-refractivity contribution in [2.24, 2.45) is 17.8 Å².